The Morgan fingerprint density at radius 1 is 0.375 bits per heavy atom. The first kappa shape index (κ1) is 60.1. The molecule has 5 aromatic rings. The van der Waals surface area contributed by atoms with Crippen LogP contribution in [0.25, 0.3) is 67.2 Å². The minimum atomic E-state index is 0. The fourth-order valence-corrected chi connectivity index (χ4v) is 3.25. The van der Waals surface area contributed by atoms with Gasteiger partial charge in [-0.25, -0.2) is 9.97 Å². The van der Waals surface area contributed by atoms with Gasteiger partial charge in [0.05, 0.1) is 47.5 Å². The van der Waals surface area contributed by atoms with Crippen molar-refractivity contribution in [2.75, 3.05) is 0 Å². The van der Waals surface area contributed by atoms with E-state index in [2.05, 4.69) is 39.9 Å². The molecule has 0 saturated carbocycles. The fourth-order valence-electron chi connectivity index (χ4n) is 3.25. The van der Waals surface area contributed by atoms with Gasteiger partial charge in [-0.15, -0.1) is 24.0 Å². The average Bonchev–Trinajstić information content (AvgIpc) is 3.18. The predicted molar refractivity (Wildman–Crippen MR) is 195 cm³/mol. The van der Waals surface area contributed by atoms with Gasteiger partial charge in [0.15, 0.2) is 0 Å². The monoisotopic (exact) mass is 850 g/mol. The number of nitrogens with zero attached hydrogens (tertiary/aromatic N) is 18. The first-order valence-electron chi connectivity index (χ1n) is 13.1. The summed E-state index contributed by atoms with van der Waals surface area (Å²) in [7, 11) is 0. The number of hydrogen-bond donors (Lipinski definition) is 0. The molecule has 0 fully saturated rings. The molecule has 0 amide bonds. The van der Waals surface area contributed by atoms with Gasteiger partial charge < -0.3 is 63.5 Å². The first-order chi connectivity index (χ1) is 24.6. The summed E-state index contributed by atoms with van der Waals surface area (Å²) in [6, 6.07) is 28.0. The summed E-state index contributed by atoms with van der Waals surface area (Å²) in [6.45, 7) is 0. The minimum absolute atomic E-state index is 0. The third-order valence-corrected chi connectivity index (χ3v) is 4.93. The molecule has 0 spiro atoms. The molecule has 0 unspecified atom stereocenters. The number of aliphatic imine (C=N–C) groups is 4. The van der Waals surface area contributed by atoms with Crippen LogP contribution in [0.3, 0.4) is 0 Å². The molecule has 5 rings (SSSR count). The Labute approximate surface area is 339 Å². The summed E-state index contributed by atoms with van der Waals surface area (Å²) in [5, 5.41) is 59.4. The zero-order valence-corrected chi connectivity index (χ0v) is 29.8. The molecule has 0 bridgehead atoms. The van der Waals surface area contributed by atoms with Gasteiger partial charge >= 0.3 is 34.1 Å². The molecule has 0 atom stereocenters. The first-order valence-corrected chi connectivity index (χ1v) is 13.1. The molecule has 56 heavy (non-hydrogen) atoms. The standard InChI is InChI=1S/C24H16N6.4C2N3.2Cu.4H2O/c1-5-13-25-17(9-1)21-22(18-10-2-6-14-26-18)30-24(20-12-4-8-16-28-20)23(29-21)19-11-3-7-15-27-19;4*3-1-5-2-4;;;;;;/h1-16H;;;;;;;4*1H2/q;4*-1;2*+2;;;;. The van der Waals surface area contributed by atoms with Crippen LogP contribution in [0.1, 0.15) is 0 Å². The molecule has 288 valence electrons. The minimum Gasteiger partial charge on any atom is -0.422 e. The van der Waals surface area contributed by atoms with Crippen LogP contribution in [-0.4, -0.2) is 75.8 Å². The van der Waals surface area contributed by atoms with Crippen molar-refractivity contribution in [3.05, 3.63) is 119 Å². The van der Waals surface area contributed by atoms with Gasteiger partial charge in [0, 0.05) is 24.8 Å². The number of aromatic nitrogens is 6. The van der Waals surface area contributed by atoms with Gasteiger partial charge in [-0.2, -0.15) is 21.0 Å². The Morgan fingerprint density at radius 3 is 0.679 bits per heavy atom. The molecule has 0 aromatic carbocycles. The Balaban J connectivity index is -0.000000203. The maximum atomic E-state index is 7.43. The van der Waals surface area contributed by atoms with Crippen molar-refractivity contribution < 1.29 is 56.0 Å². The zero-order valence-electron chi connectivity index (χ0n) is 27.9. The van der Waals surface area contributed by atoms with Crippen LogP contribution >= 0.6 is 0 Å². The molecule has 5 aromatic heterocycles. The quantitative estimate of drug-likeness (QED) is 0.144. The molecular formula is C32H24Cu2N18O4. The zero-order chi connectivity index (χ0) is 36.7. The normalized spacial score (nSPS) is 7.07. The van der Waals surface area contributed by atoms with E-state index < -0.39 is 0 Å². The summed E-state index contributed by atoms with van der Waals surface area (Å²) in [5.74, 6) is 0. The van der Waals surface area contributed by atoms with E-state index in [0.717, 1.165) is 22.8 Å². The van der Waals surface area contributed by atoms with Crippen LogP contribution in [0.5, 0.6) is 0 Å². The number of pyridine rings is 4. The van der Waals surface area contributed by atoms with Gasteiger partial charge in [0.1, 0.15) is 22.8 Å². The smallest absolute Gasteiger partial charge is 0.422 e. The Kier molecular flexibility index (Phi) is 42.8. The molecule has 0 saturated heterocycles. The van der Waals surface area contributed by atoms with Crippen LogP contribution in [0.2, 0.25) is 0 Å². The van der Waals surface area contributed by atoms with Gasteiger partial charge in [-0.1, -0.05) is 24.3 Å². The van der Waals surface area contributed by atoms with Crippen molar-refractivity contribution in [1.29, 1.82) is 21.0 Å². The van der Waals surface area contributed by atoms with Gasteiger partial charge in [0.2, 0.25) is 0 Å². The second-order valence-electron chi connectivity index (χ2n) is 7.73. The fraction of sp³-hybridized carbons (Fsp3) is 0. The van der Waals surface area contributed by atoms with Crippen molar-refractivity contribution in [3.63, 3.8) is 0 Å². The van der Waals surface area contributed by atoms with Crippen molar-refractivity contribution >= 4 is 24.0 Å². The molecule has 8 N–H and O–H groups in total. The van der Waals surface area contributed by atoms with Crippen LogP contribution in [0, 0.1) is 45.8 Å². The van der Waals surface area contributed by atoms with Gasteiger partial charge in [-0.3, -0.25) is 19.9 Å². The van der Waals surface area contributed by atoms with Crippen LogP contribution < -0.4 is 0 Å². The predicted octanol–water partition coefficient (Wildman–Crippen LogP) is 2.26. The van der Waals surface area contributed by atoms with E-state index in [1.54, 1.807) is 24.8 Å². The van der Waals surface area contributed by atoms with Crippen molar-refractivity contribution in [1.82, 2.24) is 29.9 Å². The Hall–Kier alpha value is -7.96. The van der Waals surface area contributed by atoms with E-state index in [0.29, 0.717) is 22.8 Å². The maximum absolute atomic E-state index is 7.43. The summed E-state index contributed by atoms with van der Waals surface area (Å²) in [5.41, 5.74) is 5.46. The number of rotatable bonds is 4. The molecule has 2 radical (unpaired) electrons. The molecule has 24 heteroatoms. The Morgan fingerprint density at radius 2 is 0.571 bits per heavy atom. The Bertz CT molecular complexity index is 1880. The van der Waals surface area contributed by atoms with E-state index in [-0.39, 0.29) is 56.0 Å². The number of hydrogen-bond acceptors (Lipinski definition) is 14. The molecule has 22 nitrogen and oxygen atoms in total. The van der Waals surface area contributed by atoms with Crippen LogP contribution in [0.15, 0.2) is 118 Å². The summed E-state index contributed by atoms with van der Waals surface area (Å²) >= 11 is 0. The summed E-state index contributed by atoms with van der Waals surface area (Å²) < 4.78 is 0. The van der Waals surface area contributed by atoms with Crippen LogP contribution in [-0.2, 0) is 34.1 Å². The average molecular weight is 852 g/mol. The van der Waals surface area contributed by atoms with Gasteiger partial charge in [-0.05, 0) is 48.5 Å². The van der Waals surface area contributed by atoms with E-state index >= 15 is 0 Å². The third-order valence-electron chi connectivity index (χ3n) is 4.93. The van der Waals surface area contributed by atoms with Crippen molar-refractivity contribution in [2.24, 2.45) is 20.0 Å². The van der Waals surface area contributed by atoms with Crippen LogP contribution in [0.4, 0.5) is 0 Å². The van der Waals surface area contributed by atoms with E-state index in [9.17, 15) is 0 Å². The van der Waals surface area contributed by atoms with Crippen molar-refractivity contribution in [3.8, 4) is 70.3 Å². The van der Waals surface area contributed by atoms with Crippen molar-refractivity contribution in [2.45, 2.75) is 0 Å². The summed E-state index contributed by atoms with van der Waals surface area (Å²) in [4.78, 5) is 38.4. The molecule has 0 aliphatic carbocycles. The second-order valence-corrected chi connectivity index (χ2v) is 7.73. The largest absolute Gasteiger partial charge is 2.00 e. The maximum Gasteiger partial charge on any atom is 2.00 e. The molecule has 0 aliphatic heterocycles. The molecule has 5 heterocycles. The number of nitriles is 4. The third kappa shape index (κ3) is 22.8. The topological polar surface area (TPSA) is 437 Å². The summed E-state index contributed by atoms with van der Waals surface area (Å²) in [6.07, 6.45) is 12.1. The molecular weight excluding hydrogens is 828 g/mol. The SMILES string of the molecule is N#CN=C=[N-].N#CN=C=[N-].N#CN=C=[N-].N#CN=C=[N-].O.O.O.O.[Cu+2].[Cu+2].c1ccc(-c2nc(-c3ccccn3)c(-c3ccccn3)nc2-c2ccccn2)nc1. The van der Waals surface area contributed by atoms with E-state index in [1.165, 1.54) is 48.8 Å². The van der Waals surface area contributed by atoms with E-state index in [1.807, 2.05) is 72.8 Å². The van der Waals surface area contributed by atoms with Gasteiger partial charge in [0.25, 0.3) is 0 Å². The molecule has 0 aliphatic rings. The van der Waals surface area contributed by atoms with E-state index in [4.69, 9.17) is 52.7 Å². The second kappa shape index (κ2) is 39.8.